The summed E-state index contributed by atoms with van der Waals surface area (Å²) in [5, 5.41) is 6.61. The highest BCUT2D eigenvalue weighted by molar-refractivity contribution is 5.75. The summed E-state index contributed by atoms with van der Waals surface area (Å²) < 4.78 is 0. The molecule has 8 nitrogen and oxygen atoms in total. The monoisotopic (exact) mass is 370 g/mol. The molecule has 0 spiro atoms. The molecule has 3 aromatic heterocycles. The first-order valence-corrected chi connectivity index (χ1v) is 8.98. The number of benzene rings is 2. The standard InChI is InChI=1S/C20H18N8/c1-3-15-17(26-11-24-15)7-13(1)9-22-19-5-6-21-20(28-19)23-10-14-2-4-16-18(8-14)27-12-25-16/h1-8,11-12H,9-10H2,(H,24,26)(H,25,27)(H2,21,22,23,28). The number of imidazole rings is 2. The lowest BCUT2D eigenvalue weighted by Crippen LogP contribution is -2.06. The molecule has 0 aliphatic carbocycles. The zero-order chi connectivity index (χ0) is 18.8. The highest BCUT2D eigenvalue weighted by Crippen LogP contribution is 2.15. The molecule has 5 aromatic rings. The summed E-state index contributed by atoms with van der Waals surface area (Å²) in [6.07, 6.45) is 5.15. The maximum absolute atomic E-state index is 4.53. The van der Waals surface area contributed by atoms with Crippen LogP contribution in [0.3, 0.4) is 0 Å². The van der Waals surface area contributed by atoms with E-state index < -0.39 is 0 Å². The molecule has 3 heterocycles. The van der Waals surface area contributed by atoms with Gasteiger partial charge in [0.1, 0.15) is 5.82 Å². The van der Waals surface area contributed by atoms with E-state index in [0.29, 0.717) is 19.0 Å². The van der Waals surface area contributed by atoms with Crippen molar-refractivity contribution in [3.05, 3.63) is 72.4 Å². The normalized spacial score (nSPS) is 11.1. The van der Waals surface area contributed by atoms with Gasteiger partial charge in [-0.15, -0.1) is 0 Å². The van der Waals surface area contributed by atoms with Gasteiger partial charge in [0.2, 0.25) is 5.95 Å². The van der Waals surface area contributed by atoms with Crippen molar-refractivity contribution in [1.29, 1.82) is 0 Å². The van der Waals surface area contributed by atoms with Gasteiger partial charge in [0.25, 0.3) is 0 Å². The van der Waals surface area contributed by atoms with Crippen LogP contribution in [0.5, 0.6) is 0 Å². The number of hydrogen-bond acceptors (Lipinski definition) is 6. The number of nitrogens with zero attached hydrogens (tertiary/aromatic N) is 4. The molecule has 4 N–H and O–H groups in total. The number of rotatable bonds is 6. The second-order valence-corrected chi connectivity index (χ2v) is 6.48. The summed E-state index contributed by atoms with van der Waals surface area (Å²) in [6.45, 7) is 1.30. The number of aromatic nitrogens is 6. The van der Waals surface area contributed by atoms with Gasteiger partial charge in [-0.3, -0.25) is 0 Å². The quantitative estimate of drug-likeness (QED) is 0.365. The van der Waals surface area contributed by atoms with Gasteiger partial charge in [-0.1, -0.05) is 12.1 Å². The van der Waals surface area contributed by atoms with E-state index in [1.807, 2.05) is 24.3 Å². The van der Waals surface area contributed by atoms with Crippen molar-refractivity contribution in [2.24, 2.45) is 0 Å². The summed E-state index contributed by atoms with van der Waals surface area (Å²) in [5.74, 6) is 1.35. The lowest BCUT2D eigenvalue weighted by molar-refractivity contribution is 1.04. The molecule has 0 aliphatic rings. The lowest BCUT2D eigenvalue weighted by Gasteiger charge is -2.09. The van der Waals surface area contributed by atoms with Gasteiger partial charge in [-0.25, -0.2) is 15.0 Å². The molecule has 5 rings (SSSR count). The summed E-state index contributed by atoms with van der Waals surface area (Å²) >= 11 is 0. The Balaban J connectivity index is 1.23. The predicted octanol–water partition coefficient (Wildman–Crippen LogP) is 3.45. The predicted molar refractivity (Wildman–Crippen MR) is 109 cm³/mol. The fraction of sp³-hybridized carbons (Fsp3) is 0.100. The Morgan fingerprint density at radius 3 is 2.04 bits per heavy atom. The number of nitrogens with one attached hydrogen (secondary N) is 4. The molecule has 0 fully saturated rings. The zero-order valence-corrected chi connectivity index (χ0v) is 15.0. The Kier molecular flexibility index (Phi) is 4.06. The Bertz CT molecular complexity index is 1150. The molecule has 0 aliphatic heterocycles. The number of hydrogen-bond donors (Lipinski definition) is 4. The third-order valence-corrected chi connectivity index (χ3v) is 4.55. The van der Waals surface area contributed by atoms with Gasteiger partial charge in [0, 0.05) is 19.3 Å². The fourth-order valence-corrected chi connectivity index (χ4v) is 3.10. The number of H-pyrrole nitrogens is 2. The molecular formula is C20H18N8. The molecule has 0 bridgehead atoms. The van der Waals surface area contributed by atoms with Crippen molar-refractivity contribution < 1.29 is 0 Å². The minimum absolute atomic E-state index is 0.582. The molecule has 138 valence electrons. The van der Waals surface area contributed by atoms with Crippen molar-refractivity contribution >= 4 is 33.8 Å². The molecule has 28 heavy (non-hydrogen) atoms. The Labute approximate surface area is 160 Å². The Morgan fingerprint density at radius 2 is 1.36 bits per heavy atom. The van der Waals surface area contributed by atoms with E-state index in [9.17, 15) is 0 Å². The average Bonchev–Trinajstić information content (AvgIpc) is 3.39. The van der Waals surface area contributed by atoms with Gasteiger partial charge in [-0.2, -0.15) is 4.98 Å². The molecule has 8 heteroatoms. The molecule has 0 radical (unpaired) electrons. The zero-order valence-electron chi connectivity index (χ0n) is 15.0. The summed E-state index contributed by atoms with van der Waals surface area (Å²) in [5.41, 5.74) is 6.25. The third kappa shape index (κ3) is 3.35. The van der Waals surface area contributed by atoms with E-state index in [0.717, 1.165) is 39.0 Å². The molecule has 0 atom stereocenters. The summed E-state index contributed by atoms with van der Waals surface area (Å²) in [4.78, 5) is 23.6. The SMILES string of the molecule is c1cc(NCc2ccc3nc[nH]c3c2)nc(NCc2ccc3nc[nH]c3c2)n1. The van der Waals surface area contributed by atoms with Gasteiger partial charge in [0.15, 0.2) is 0 Å². The van der Waals surface area contributed by atoms with Crippen LogP contribution in [-0.4, -0.2) is 29.9 Å². The Morgan fingerprint density at radius 1 is 0.714 bits per heavy atom. The minimum atomic E-state index is 0.582. The maximum Gasteiger partial charge on any atom is 0.224 e. The van der Waals surface area contributed by atoms with Gasteiger partial charge < -0.3 is 20.6 Å². The van der Waals surface area contributed by atoms with E-state index in [4.69, 9.17) is 0 Å². The van der Waals surface area contributed by atoms with Crippen molar-refractivity contribution in [3.8, 4) is 0 Å². The average molecular weight is 370 g/mol. The molecule has 0 saturated carbocycles. The molecule has 0 saturated heterocycles. The highest BCUT2D eigenvalue weighted by Gasteiger charge is 2.03. The molecular weight excluding hydrogens is 352 g/mol. The van der Waals surface area contributed by atoms with Crippen LogP contribution in [0.2, 0.25) is 0 Å². The third-order valence-electron chi connectivity index (χ3n) is 4.55. The van der Waals surface area contributed by atoms with Crippen molar-refractivity contribution in [1.82, 2.24) is 29.9 Å². The fourth-order valence-electron chi connectivity index (χ4n) is 3.10. The first-order chi connectivity index (χ1) is 13.8. The Hall–Kier alpha value is -3.94. The van der Waals surface area contributed by atoms with E-state index in [-0.39, 0.29) is 0 Å². The lowest BCUT2D eigenvalue weighted by atomic mass is 10.2. The van der Waals surface area contributed by atoms with E-state index in [1.165, 1.54) is 0 Å². The first kappa shape index (κ1) is 16.2. The van der Waals surface area contributed by atoms with Crippen molar-refractivity contribution in [3.63, 3.8) is 0 Å². The van der Waals surface area contributed by atoms with Crippen LogP contribution in [0.15, 0.2) is 61.3 Å². The number of anilines is 2. The summed E-state index contributed by atoms with van der Waals surface area (Å²) in [6, 6.07) is 14.1. The van der Waals surface area contributed by atoms with E-state index in [1.54, 1.807) is 18.9 Å². The van der Waals surface area contributed by atoms with E-state index >= 15 is 0 Å². The maximum atomic E-state index is 4.53. The topological polar surface area (TPSA) is 107 Å². The van der Waals surface area contributed by atoms with Gasteiger partial charge in [0.05, 0.1) is 34.7 Å². The van der Waals surface area contributed by atoms with Gasteiger partial charge in [-0.05, 0) is 41.5 Å². The minimum Gasteiger partial charge on any atom is -0.366 e. The van der Waals surface area contributed by atoms with Crippen LogP contribution in [-0.2, 0) is 13.1 Å². The first-order valence-electron chi connectivity index (χ1n) is 8.98. The van der Waals surface area contributed by atoms with Crippen LogP contribution in [0.1, 0.15) is 11.1 Å². The second-order valence-electron chi connectivity index (χ2n) is 6.48. The van der Waals surface area contributed by atoms with Crippen LogP contribution < -0.4 is 10.6 Å². The van der Waals surface area contributed by atoms with Crippen molar-refractivity contribution in [2.75, 3.05) is 10.6 Å². The molecule has 2 aromatic carbocycles. The molecule has 0 unspecified atom stereocenters. The van der Waals surface area contributed by atoms with Gasteiger partial charge >= 0.3 is 0 Å². The van der Waals surface area contributed by atoms with E-state index in [2.05, 4.69) is 58.7 Å². The van der Waals surface area contributed by atoms with Crippen molar-refractivity contribution in [2.45, 2.75) is 13.1 Å². The van der Waals surface area contributed by atoms with Crippen LogP contribution >= 0.6 is 0 Å². The highest BCUT2D eigenvalue weighted by atomic mass is 15.1. The largest absolute Gasteiger partial charge is 0.366 e. The van der Waals surface area contributed by atoms with Crippen LogP contribution in [0.25, 0.3) is 22.1 Å². The summed E-state index contributed by atoms with van der Waals surface area (Å²) in [7, 11) is 0. The molecule has 0 amide bonds. The smallest absolute Gasteiger partial charge is 0.224 e. The number of fused-ring (bicyclic) bond motifs is 2. The number of aromatic amines is 2. The second kappa shape index (κ2) is 6.99. The van der Waals surface area contributed by atoms with Crippen LogP contribution in [0, 0.1) is 0 Å². The van der Waals surface area contributed by atoms with Crippen LogP contribution in [0.4, 0.5) is 11.8 Å².